The van der Waals surface area contributed by atoms with Crippen LogP contribution < -0.4 is 0 Å². The van der Waals surface area contributed by atoms with Gasteiger partial charge in [0.25, 0.3) is 0 Å². The third kappa shape index (κ3) is 2.58. The molecule has 1 aliphatic rings. The Hall–Kier alpha value is -2.94. The molecule has 0 radical (unpaired) electrons. The summed E-state index contributed by atoms with van der Waals surface area (Å²) in [5, 5.41) is 0. The summed E-state index contributed by atoms with van der Waals surface area (Å²) in [5.74, 6) is -0.503. The fourth-order valence-electron chi connectivity index (χ4n) is 3.31. The third-order valence-corrected chi connectivity index (χ3v) is 4.45. The van der Waals surface area contributed by atoms with Crippen molar-refractivity contribution in [3.05, 3.63) is 89.7 Å². The van der Waals surface area contributed by atoms with Crippen LogP contribution in [0.15, 0.2) is 73.1 Å². The highest BCUT2D eigenvalue weighted by molar-refractivity contribution is 5.93. The molecule has 0 amide bonds. The van der Waals surface area contributed by atoms with Crippen LogP contribution in [0.3, 0.4) is 0 Å². The SMILES string of the molecule is O=C(OCCc1ccncc1)C1c2ccccc2-c2ccccc21. The number of carbonyl (C=O) groups is 1. The van der Waals surface area contributed by atoms with E-state index in [0.717, 1.165) is 27.8 Å². The Morgan fingerprint density at radius 1 is 0.875 bits per heavy atom. The molecule has 0 fully saturated rings. The minimum Gasteiger partial charge on any atom is -0.465 e. The van der Waals surface area contributed by atoms with Gasteiger partial charge in [-0.15, -0.1) is 0 Å². The first kappa shape index (κ1) is 14.6. The first-order valence-electron chi connectivity index (χ1n) is 8.08. The molecule has 0 N–H and O–H groups in total. The van der Waals surface area contributed by atoms with Crippen LogP contribution in [0.1, 0.15) is 22.6 Å². The van der Waals surface area contributed by atoms with Crippen LogP contribution in [0.5, 0.6) is 0 Å². The highest BCUT2D eigenvalue weighted by Crippen LogP contribution is 2.44. The molecule has 1 heterocycles. The molecule has 2 aromatic carbocycles. The summed E-state index contributed by atoms with van der Waals surface area (Å²) in [4.78, 5) is 16.7. The van der Waals surface area contributed by atoms with E-state index in [9.17, 15) is 4.79 Å². The normalized spacial score (nSPS) is 12.5. The molecule has 24 heavy (non-hydrogen) atoms. The van der Waals surface area contributed by atoms with E-state index in [4.69, 9.17) is 4.74 Å². The van der Waals surface area contributed by atoms with Gasteiger partial charge in [-0.05, 0) is 39.9 Å². The summed E-state index contributed by atoms with van der Waals surface area (Å²) >= 11 is 0. The summed E-state index contributed by atoms with van der Waals surface area (Å²) in [6.45, 7) is 0.379. The van der Waals surface area contributed by atoms with Crippen molar-refractivity contribution < 1.29 is 9.53 Å². The summed E-state index contributed by atoms with van der Waals surface area (Å²) in [7, 11) is 0. The predicted octanol–water partition coefficient (Wildman–Crippen LogP) is 3.98. The number of aromatic nitrogens is 1. The molecular formula is C21H17NO2. The van der Waals surface area contributed by atoms with Gasteiger partial charge in [0.15, 0.2) is 0 Å². The van der Waals surface area contributed by atoms with E-state index < -0.39 is 0 Å². The number of benzene rings is 2. The number of rotatable bonds is 4. The Morgan fingerprint density at radius 2 is 1.46 bits per heavy atom. The molecule has 0 saturated heterocycles. The van der Waals surface area contributed by atoms with Crippen molar-refractivity contribution in [2.45, 2.75) is 12.3 Å². The van der Waals surface area contributed by atoms with Crippen molar-refractivity contribution in [2.24, 2.45) is 0 Å². The second-order valence-electron chi connectivity index (χ2n) is 5.88. The van der Waals surface area contributed by atoms with Crippen LogP contribution in [-0.4, -0.2) is 17.6 Å². The van der Waals surface area contributed by atoms with Crippen molar-refractivity contribution in [3.8, 4) is 11.1 Å². The Balaban J connectivity index is 1.54. The lowest BCUT2D eigenvalue weighted by atomic mass is 9.97. The van der Waals surface area contributed by atoms with Gasteiger partial charge in [-0.1, -0.05) is 48.5 Å². The molecule has 118 valence electrons. The second-order valence-corrected chi connectivity index (χ2v) is 5.88. The zero-order valence-corrected chi connectivity index (χ0v) is 13.2. The topological polar surface area (TPSA) is 39.2 Å². The Labute approximate surface area is 140 Å². The largest absolute Gasteiger partial charge is 0.465 e. The zero-order valence-electron chi connectivity index (χ0n) is 13.2. The van der Waals surface area contributed by atoms with Gasteiger partial charge in [-0.3, -0.25) is 9.78 Å². The molecule has 0 unspecified atom stereocenters. The molecule has 1 aromatic heterocycles. The van der Waals surface area contributed by atoms with Crippen LogP contribution in [0.4, 0.5) is 0 Å². The van der Waals surface area contributed by atoms with Gasteiger partial charge < -0.3 is 4.74 Å². The van der Waals surface area contributed by atoms with Crippen LogP contribution in [0.2, 0.25) is 0 Å². The van der Waals surface area contributed by atoms with Crippen LogP contribution in [0.25, 0.3) is 11.1 Å². The van der Waals surface area contributed by atoms with Crippen molar-refractivity contribution >= 4 is 5.97 Å². The first-order valence-corrected chi connectivity index (χ1v) is 8.08. The number of carbonyl (C=O) groups excluding carboxylic acids is 1. The highest BCUT2D eigenvalue weighted by Gasteiger charge is 2.34. The number of hydrogen-bond acceptors (Lipinski definition) is 3. The van der Waals surface area contributed by atoms with Crippen molar-refractivity contribution in [2.75, 3.05) is 6.61 Å². The lowest BCUT2D eigenvalue weighted by Crippen LogP contribution is -2.16. The van der Waals surface area contributed by atoms with Crippen LogP contribution in [-0.2, 0) is 16.0 Å². The first-order chi connectivity index (χ1) is 11.8. The number of pyridine rings is 1. The van der Waals surface area contributed by atoms with E-state index in [-0.39, 0.29) is 11.9 Å². The third-order valence-electron chi connectivity index (χ3n) is 4.45. The summed E-state index contributed by atoms with van der Waals surface area (Å²) in [6, 6.07) is 20.0. The van der Waals surface area contributed by atoms with Gasteiger partial charge in [0, 0.05) is 18.8 Å². The maximum atomic E-state index is 12.7. The van der Waals surface area contributed by atoms with E-state index in [1.807, 2.05) is 48.5 Å². The number of hydrogen-bond donors (Lipinski definition) is 0. The van der Waals surface area contributed by atoms with Crippen LogP contribution in [0, 0.1) is 0 Å². The summed E-state index contributed by atoms with van der Waals surface area (Å²) in [5.41, 5.74) is 5.44. The second kappa shape index (κ2) is 6.28. The molecule has 0 bridgehead atoms. The number of esters is 1. The van der Waals surface area contributed by atoms with E-state index in [0.29, 0.717) is 13.0 Å². The van der Waals surface area contributed by atoms with E-state index in [1.54, 1.807) is 12.4 Å². The lowest BCUT2D eigenvalue weighted by molar-refractivity contribution is -0.144. The average molecular weight is 315 g/mol. The molecule has 0 spiro atoms. The van der Waals surface area contributed by atoms with Gasteiger partial charge in [0.2, 0.25) is 0 Å². The van der Waals surface area contributed by atoms with Crippen molar-refractivity contribution in [1.82, 2.24) is 4.98 Å². The van der Waals surface area contributed by atoms with Gasteiger partial charge in [-0.2, -0.15) is 0 Å². The van der Waals surface area contributed by atoms with Gasteiger partial charge in [-0.25, -0.2) is 0 Å². The molecule has 1 aliphatic carbocycles. The average Bonchev–Trinajstić information content (AvgIpc) is 2.97. The molecule has 3 aromatic rings. The lowest BCUT2D eigenvalue weighted by Gasteiger charge is -2.13. The smallest absolute Gasteiger partial charge is 0.317 e. The van der Waals surface area contributed by atoms with Gasteiger partial charge >= 0.3 is 5.97 Å². The highest BCUT2D eigenvalue weighted by atomic mass is 16.5. The fourth-order valence-corrected chi connectivity index (χ4v) is 3.31. The van der Waals surface area contributed by atoms with Gasteiger partial charge in [0.1, 0.15) is 5.92 Å². The zero-order chi connectivity index (χ0) is 16.4. The maximum Gasteiger partial charge on any atom is 0.317 e. The molecule has 0 atom stereocenters. The van der Waals surface area contributed by atoms with E-state index in [2.05, 4.69) is 17.1 Å². The fraction of sp³-hybridized carbons (Fsp3) is 0.143. The Kier molecular flexibility index (Phi) is 3.83. The van der Waals surface area contributed by atoms with Crippen molar-refractivity contribution in [1.29, 1.82) is 0 Å². The van der Waals surface area contributed by atoms with Gasteiger partial charge in [0.05, 0.1) is 6.61 Å². The maximum absolute atomic E-state index is 12.7. The number of ether oxygens (including phenoxy) is 1. The number of fused-ring (bicyclic) bond motifs is 3. The summed E-state index contributed by atoms with van der Waals surface area (Å²) < 4.78 is 5.58. The molecule has 3 heteroatoms. The molecular weight excluding hydrogens is 298 g/mol. The Morgan fingerprint density at radius 3 is 2.08 bits per heavy atom. The minimum absolute atomic E-state index is 0.179. The summed E-state index contributed by atoms with van der Waals surface area (Å²) in [6.07, 6.45) is 4.20. The monoisotopic (exact) mass is 315 g/mol. The number of nitrogens with zero attached hydrogens (tertiary/aromatic N) is 1. The van der Waals surface area contributed by atoms with Crippen molar-refractivity contribution in [3.63, 3.8) is 0 Å². The van der Waals surface area contributed by atoms with E-state index in [1.165, 1.54) is 0 Å². The van der Waals surface area contributed by atoms with Crippen LogP contribution >= 0.6 is 0 Å². The molecule has 3 nitrogen and oxygen atoms in total. The predicted molar refractivity (Wildman–Crippen MR) is 92.6 cm³/mol. The minimum atomic E-state index is -0.324. The standard InChI is InChI=1S/C21H17NO2/c23-21(24-14-11-15-9-12-22-13-10-15)20-18-7-3-1-5-16(18)17-6-2-4-8-19(17)20/h1-10,12-13,20H,11,14H2. The quantitative estimate of drug-likeness (QED) is 0.684. The molecule has 0 saturated carbocycles. The molecule has 4 rings (SSSR count). The Bertz CT molecular complexity index is 828. The van der Waals surface area contributed by atoms with E-state index >= 15 is 0 Å². The molecule has 0 aliphatic heterocycles.